The van der Waals surface area contributed by atoms with E-state index in [1.165, 1.54) is 0 Å². The molecule has 0 radical (unpaired) electrons. The van der Waals surface area contributed by atoms with Gasteiger partial charge in [0.25, 0.3) is 0 Å². The van der Waals surface area contributed by atoms with Crippen LogP contribution < -0.4 is 9.64 Å². The Bertz CT molecular complexity index is 360. The van der Waals surface area contributed by atoms with Crippen LogP contribution in [-0.4, -0.2) is 43.6 Å². The Morgan fingerprint density at radius 1 is 1.41 bits per heavy atom. The van der Waals surface area contributed by atoms with Gasteiger partial charge in [0.1, 0.15) is 5.75 Å². The lowest BCUT2D eigenvalue weighted by Gasteiger charge is -2.29. The van der Waals surface area contributed by atoms with Gasteiger partial charge in [-0.15, -0.1) is 0 Å². The van der Waals surface area contributed by atoms with Crippen molar-refractivity contribution < 1.29 is 14.9 Å². The number of methoxy groups -OCH3 is 1. The second kappa shape index (κ2) is 6.69. The molecule has 0 heterocycles. The predicted octanol–water partition coefficient (Wildman–Crippen LogP) is 1.53. The summed E-state index contributed by atoms with van der Waals surface area (Å²) in [5.74, 6) is 0.690. The SMILES string of the molecule is COc1ccc(N(C)C(CO)CCO)c(Cl)c1. The summed E-state index contributed by atoms with van der Waals surface area (Å²) in [5, 5.41) is 18.7. The zero-order valence-corrected chi connectivity index (χ0v) is 10.8. The highest BCUT2D eigenvalue weighted by Crippen LogP contribution is 2.30. The second-order valence-corrected chi connectivity index (χ2v) is 4.18. The predicted molar refractivity (Wildman–Crippen MR) is 69.0 cm³/mol. The van der Waals surface area contributed by atoms with E-state index >= 15 is 0 Å². The van der Waals surface area contributed by atoms with Crippen LogP contribution in [-0.2, 0) is 0 Å². The Morgan fingerprint density at radius 2 is 2.12 bits per heavy atom. The van der Waals surface area contributed by atoms with Crippen LogP contribution in [0, 0.1) is 0 Å². The Hall–Kier alpha value is -0.970. The Kier molecular flexibility index (Phi) is 5.55. The summed E-state index contributed by atoms with van der Waals surface area (Å²) in [4.78, 5) is 1.86. The van der Waals surface area contributed by atoms with Crippen molar-refractivity contribution in [2.45, 2.75) is 12.5 Å². The molecule has 96 valence electrons. The van der Waals surface area contributed by atoms with Crippen molar-refractivity contribution in [3.05, 3.63) is 23.2 Å². The van der Waals surface area contributed by atoms with E-state index in [9.17, 15) is 5.11 Å². The highest BCUT2D eigenvalue weighted by atomic mass is 35.5. The van der Waals surface area contributed by atoms with Gasteiger partial charge in [0.05, 0.1) is 30.5 Å². The summed E-state index contributed by atoms with van der Waals surface area (Å²) in [6.07, 6.45) is 0.495. The zero-order valence-electron chi connectivity index (χ0n) is 10.1. The average molecular weight is 260 g/mol. The summed E-state index contributed by atoms with van der Waals surface area (Å²) in [6, 6.07) is 5.22. The molecule has 0 aliphatic carbocycles. The molecule has 1 aromatic rings. The summed E-state index contributed by atoms with van der Waals surface area (Å²) < 4.78 is 5.07. The fourth-order valence-electron chi connectivity index (χ4n) is 1.65. The average Bonchev–Trinajstić information content (AvgIpc) is 2.35. The molecule has 0 amide bonds. The van der Waals surface area contributed by atoms with Crippen LogP contribution in [0.15, 0.2) is 18.2 Å². The van der Waals surface area contributed by atoms with E-state index in [1.54, 1.807) is 13.2 Å². The van der Waals surface area contributed by atoms with Crippen LogP contribution in [0.3, 0.4) is 0 Å². The Morgan fingerprint density at radius 3 is 2.59 bits per heavy atom. The van der Waals surface area contributed by atoms with E-state index < -0.39 is 0 Å². The van der Waals surface area contributed by atoms with E-state index in [-0.39, 0.29) is 19.3 Å². The number of aliphatic hydroxyl groups excluding tert-OH is 2. The van der Waals surface area contributed by atoms with Crippen molar-refractivity contribution in [3.63, 3.8) is 0 Å². The Balaban J connectivity index is 2.90. The summed E-state index contributed by atoms with van der Waals surface area (Å²) in [5.41, 5.74) is 0.806. The van der Waals surface area contributed by atoms with Gasteiger partial charge in [-0.2, -0.15) is 0 Å². The van der Waals surface area contributed by atoms with Gasteiger partial charge in [0.15, 0.2) is 0 Å². The number of halogens is 1. The molecular formula is C12H18ClNO3. The van der Waals surface area contributed by atoms with E-state index in [1.807, 2.05) is 24.1 Å². The molecule has 2 N–H and O–H groups in total. The molecule has 4 nitrogen and oxygen atoms in total. The van der Waals surface area contributed by atoms with Crippen molar-refractivity contribution in [2.75, 3.05) is 32.3 Å². The molecule has 17 heavy (non-hydrogen) atoms. The molecule has 1 rings (SSSR count). The maximum absolute atomic E-state index is 9.26. The summed E-state index contributed by atoms with van der Waals surface area (Å²) in [6.45, 7) is 0.00274. The third kappa shape index (κ3) is 3.49. The van der Waals surface area contributed by atoms with Crippen molar-refractivity contribution in [1.29, 1.82) is 0 Å². The lowest BCUT2D eigenvalue weighted by atomic mass is 10.1. The first-order valence-electron chi connectivity index (χ1n) is 5.42. The van der Waals surface area contributed by atoms with Gasteiger partial charge in [0, 0.05) is 19.7 Å². The van der Waals surface area contributed by atoms with Gasteiger partial charge in [-0.25, -0.2) is 0 Å². The van der Waals surface area contributed by atoms with Gasteiger partial charge < -0.3 is 19.8 Å². The standard InChI is InChI=1S/C12H18ClNO3/c1-14(9(8-16)5-6-15)12-4-3-10(17-2)7-11(12)13/h3-4,7,9,15-16H,5-6,8H2,1-2H3. The lowest BCUT2D eigenvalue weighted by Crippen LogP contribution is -2.35. The van der Waals surface area contributed by atoms with Gasteiger partial charge in [0.2, 0.25) is 0 Å². The number of hydrogen-bond donors (Lipinski definition) is 2. The van der Waals surface area contributed by atoms with E-state index in [4.69, 9.17) is 21.4 Å². The minimum absolute atomic E-state index is 0.0284. The smallest absolute Gasteiger partial charge is 0.120 e. The largest absolute Gasteiger partial charge is 0.497 e. The third-order valence-electron chi connectivity index (χ3n) is 2.76. The van der Waals surface area contributed by atoms with E-state index in [0.29, 0.717) is 17.2 Å². The number of benzene rings is 1. The normalized spacial score (nSPS) is 12.3. The molecular weight excluding hydrogens is 242 g/mol. The number of nitrogens with zero attached hydrogens (tertiary/aromatic N) is 1. The van der Waals surface area contributed by atoms with Crippen LogP contribution in [0.5, 0.6) is 5.75 Å². The molecule has 1 unspecified atom stereocenters. The molecule has 0 aromatic heterocycles. The molecule has 0 saturated carbocycles. The van der Waals surface area contributed by atoms with Crippen molar-refractivity contribution >= 4 is 17.3 Å². The molecule has 0 spiro atoms. The van der Waals surface area contributed by atoms with Crippen molar-refractivity contribution in [1.82, 2.24) is 0 Å². The first kappa shape index (κ1) is 14.1. The minimum atomic E-state index is -0.147. The lowest BCUT2D eigenvalue weighted by molar-refractivity contribution is 0.218. The topological polar surface area (TPSA) is 52.9 Å². The molecule has 0 aliphatic rings. The van der Waals surface area contributed by atoms with E-state index in [0.717, 1.165) is 5.69 Å². The molecule has 5 heteroatoms. The molecule has 0 saturated heterocycles. The van der Waals surface area contributed by atoms with Crippen LogP contribution in [0.25, 0.3) is 0 Å². The monoisotopic (exact) mass is 259 g/mol. The molecule has 1 aromatic carbocycles. The number of anilines is 1. The molecule has 0 aliphatic heterocycles. The first-order valence-corrected chi connectivity index (χ1v) is 5.80. The fourth-order valence-corrected chi connectivity index (χ4v) is 1.96. The summed E-state index contributed by atoms with van der Waals surface area (Å²) >= 11 is 6.14. The van der Waals surface area contributed by atoms with Crippen LogP contribution >= 0.6 is 11.6 Å². The maximum atomic E-state index is 9.26. The van der Waals surface area contributed by atoms with Crippen LogP contribution in [0.1, 0.15) is 6.42 Å². The van der Waals surface area contributed by atoms with Gasteiger partial charge in [-0.1, -0.05) is 11.6 Å². The number of rotatable bonds is 6. The molecule has 1 atom stereocenters. The first-order chi connectivity index (χ1) is 8.13. The van der Waals surface area contributed by atoms with Gasteiger partial charge in [-0.05, 0) is 18.6 Å². The maximum Gasteiger partial charge on any atom is 0.120 e. The number of hydrogen-bond acceptors (Lipinski definition) is 4. The fraction of sp³-hybridized carbons (Fsp3) is 0.500. The highest BCUT2D eigenvalue weighted by molar-refractivity contribution is 6.33. The Labute approximate surface area is 106 Å². The van der Waals surface area contributed by atoms with Crippen molar-refractivity contribution in [2.24, 2.45) is 0 Å². The highest BCUT2D eigenvalue weighted by Gasteiger charge is 2.16. The van der Waals surface area contributed by atoms with Crippen LogP contribution in [0.4, 0.5) is 5.69 Å². The van der Waals surface area contributed by atoms with Crippen LogP contribution in [0.2, 0.25) is 5.02 Å². The number of ether oxygens (including phenoxy) is 1. The quantitative estimate of drug-likeness (QED) is 0.814. The second-order valence-electron chi connectivity index (χ2n) is 3.78. The summed E-state index contributed by atoms with van der Waals surface area (Å²) in [7, 11) is 3.42. The molecule has 0 bridgehead atoms. The minimum Gasteiger partial charge on any atom is -0.497 e. The van der Waals surface area contributed by atoms with Gasteiger partial charge in [-0.3, -0.25) is 0 Å². The number of likely N-dealkylation sites (N-methyl/N-ethyl adjacent to an activating group) is 1. The van der Waals surface area contributed by atoms with E-state index in [2.05, 4.69) is 0 Å². The van der Waals surface area contributed by atoms with Crippen molar-refractivity contribution in [3.8, 4) is 5.75 Å². The third-order valence-corrected chi connectivity index (χ3v) is 3.06. The van der Waals surface area contributed by atoms with Gasteiger partial charge >= 0.3 is 0 Å². The zero-order chi connectivity index (χ0) is 12.8. The molecule has 0 fully saturated rings. The number of aliphatic hydroxyl groups is 2.